The van der Waals surface area contributed by atoms with Crippen LogP contribution in [0.15, 0.2) is 4.21 Å². The van der Waals surface area contributed by atoms with Gasteiger partial charge in [-0.05, 0) is 25.7 Å². The summed E-state index contributed by atoms with van der Waals surface area (Å²) in [6.45, 7) is 4.65. The molecule has 0 amide bonds. The minimum absolute atomic E-state index is 0.281. The molecule has 0 atom stereocenters. The third-order valence-corrected chi connectivity index (χ3v) is 6.60. The summed E-state index contributed by atoms with van der Waals surface area (Å²) >= 11 is 6.80. The van der Waals surface area contributed by atoms with Gasteiger partial charge in [0.15, 0.2) is 8.68 Å². The lowest BCUT2D eigenvalue weighted by Gasteiger charge is -2.19. The molecule has 17 heavy (non-hydrogen) atoms. The summed E-state index contributed by atoms with van der Waals surface area (Å²) in [5, 5.41) is 0. The van der Waals surface area contributed by atoms with Crippen LogP contribution in [0.25, 0.3) is 0 Å². The quantitative estimate of drug-likeness (QED) is 0.838. The number of rotatable bonds is 5. The van der Waals surface area contributed by atoms with Gasteiger partial charge in [-0.2, -0.15) is 4.31 Å². The van der Waals surface area contributed by atoms with E-state index >= 15 is 0 Å². The Labute approximate surface area is 111 Å². The number of aromatic nitrogens is 1. The molecule has 0 N–H and O–H groups in total. The van der Waals surface area contributed by atoms with Crippen LogP contribution in [0, 0.1) is 12.8 Å². The molecular weight excluding hydrogens is 280 g/mol. The average molecular weight is 295 g/mol. The highest BCUT2D eigenvalue weighted by Gasteiger charge is 2.33. The van der Waals surface area contributed by atoms with Crippen molar-refractivity contribution in [2.45, 2.75) is 30.9 Å². The first-order chi connectivity index (χ1) is 7.95. The molecule has 0 saturated heterocycles. The zero-order valence-corrected chi connectivity index (χ0v) is 12.2. The van der Waals surface area contributed by atoms with E-state index in [2.05, 4.69) is 4.98 Å². The molecule has 1 fully saturated rings. The molecule has 1 aromatic heterocycles. The zero-order chi connectivity index (χ0) is 12.6. The summed E-state index contributed by atoms with van der Waals surface area (Å²) < 4.78 is 26.9. The Morgan fingerprint density at radius 2 is 2.18 bits per heavy atom. The fourth-order valence-corrected chi connectivity index (χ4v) is 5.09. The van der Waals surface area contributed by atoms with Crippen molar-refractivity contribution in [3.63, 3.8) is 0 Å². The fourth-order valence-electron chi connectivity index (χ4n) is 1.69. The van der Waals surface area contributed by atoms with Crippen molar-refractivity contribution in [1.29, 1.82) is 0 Å². The van der Waals surface area contributed by atoms with Crippen LogP contribution in [0.3, 0.4) is 0 Å². The Hall–Kier alpha value is -0.170. The molecule has 0 radical (unpaired) electrons. The maximum absolute atomic E-state index is 12.4. The van der Waals surface area contributed by atoms with Crippen LogP contribution in [0.1, 0.15) is 25.5 Å². The van der Waals surface area contributed by atoms with Gasteiger partial charge in [-0.3, -0.25) is 0 Å². The molecule has 4 nitrogen and oxygen atoms in total. The number of aryl methyl sites for hydroxylation is 1. The number of halogens is 1. The maximum Gasteiger partial charge on any atom is 0.254 e. The van der Waals surface area contributed by atoms with Crippen molar-refractivity contribution >= 4 is 33.0 Å². The number of hydrogen-bond donors (Lipinski definition) is 0. The van der Waals surface area contributed by atoms with Crippen LogP contribution in [-0.4, -0.2) is 30.8 Å². The van der Waals surface area contributed by atoms with Gasteiger partial charge in [-0.25, -0.2) is 13.4 Å². The van der Waals surface area contributed by atoms with E-state index in [4.69, 9.17) is 11.6 Å². The summed E-state index contributed by atoms with van der Waals surface area (Å²) in [6, 6.07) is 0. The molecule has 7 heteroatoms. The first-order valence-electron chi connectivity index (χ1n) is 5.58. The molecule has 0 spiro atoms. The van der Waals surface area contributed by atoms with Crippen molar-refractivity contribution in [1.82, 2.24) is 9.29 Å². The molecule has 1 aliphatic rings. The minimum Gasteiger partial charge on any atom is -0.229 e. The first kappa shape index (κ1) is 13.3. The number of nitrogens with zero attached hydrogens (tertiary/aromatic N) is 2. The lowest BCUT2D eigenvalue weighted by molar-refractivity contribution is 0.413. The lowest BCUT2D eigenvalue weighted by Crippen LogP contribution is -2.32. The van der Waals surface area contributed by atoms with Gasteiger partial charge in [0.2, 0.25) is 0 Å². The molecule has 0 aromatic carbocycles. The van der Waals surface area contributed by atoms with Crippen molar-refractivity contribution in [2.75, 3.05) is 13.1 Å². The number of thiazole rings is 1. The molecule has 1 aliphatic carbocycles. The Morgan fingerprint density at radius 3 is 2.59 bits per heavy atom. The molecule has 2 rings (SSSR count). The largest absolute Gasteiger partial charge is 0.254 e. The Morgan fingerprint density at radius 1 is 1.53 bits per heavy atom. The van der Waals surface area contributed by atoms with Gasteiger partial charge in [0.1, 0.15) is 0 Å². The third-order valence-electron chi connectivity index (χ3n) is 2.81. The summed E-state index contributed by atoms with van der Waals surface area (Å²) in [5.74, 6) is 0.536. The molecule has 0 unspecified atom stereocenters. The normalized spacial score (nSPS) is 16.7. The van der Waals surface area contributed by atoms with E-state index in [-0.39, 0.29) is 8.68 Å². The molecule has 96 valence electrons. The fraction of sp³-hybridized carbons (Fsp3) is 0.700. The number of hydrogen-bond acceptors (Lipinski definition) is 4. The summed E-state index contributed by atoms with van der Waals surface area (Å²) in [7, 11) is -3.41. The van der Waals surface area contributed by atoms with E-state index in [9.17, 15) is 8.42 Å². The van der Waals surface area contributed by atoms with Gasteiger partial charge in [0.05, 0.1) is 5.69 Å². The third kappa shape index (κ3) is 2.81. The van der Waals surface area contributed by atoms with Crippen molar-refractivity contribution in [3.05, 3.63) is 10.2 Å². The van der Waals surface area contributed by atoms with Crippen LogP contribution in [0.4, 0.5) is 0 Å². The van der Waals surface area contributed by atoms with Crippen LogP contribution in [-0.2, 0) is 10.0 Å². The van der Waals surface area contributed by atoms with Crippen molar-refractivity contribution in [3.8, 4) is 0 Å². The second-order valence-electron chi connectivity index (χ2n) is 4.24. The Balaban J connectivity index is 2.29. The van der Waals surface area contributed by atoms with Gasteiger partial charge in [-0.1, -0.05) is 29.9 Å². The van der Waals surface area contributed by atoms with Crippen LogP contribution in [0.2, 0.25) is 4.47 Å². The SMILES string of the molecule is CCN(CC1CC1)S(=O)(=O)c1sc(Cl)nc1C. The second kappa shape index (κ2) is 4.84. The van der Waals surface area contributed by atoms with Gasteiger partial charge in [0, 0.05) is 13.1 Å². The van der Waals surface area contributed by atoms with E-state index in [1.807, 2.05) is 6.92 Å². The Bertz CT molecular complexity index is 508. The zero-order valence-electron chi connectivity index (χ0n) is 9.81. The van der Waals surface area contributed by atoms with Gasteiger partial charge < -0.3 is 0 Å². The molecule has 1 aromatic rings. The van der Waals surface area contributed by atoms with Gasteiger partial charge >= 0.3 is 0 Å². The van der Waals surface area contributed by atoms with E-state index < -0.39 is 10.0 Å². The molecule has 1 saturated carbocycles. The predicted octanol–water partition coefficient (Wildman–Crippen LogP) is 2.53. The van der Waals surface area contributed by atoms with Gasteiger partial charge in [-0.15, -0.1) is 0 Å². The van der Waals surface area contributed by atoms with E-state index in [1.165, 1.54) is 4.31 Å². The minimum atomic E-state index is -3.41. The summed E-state index contributed by atoms with van der Waals surface area (Å²) in [6.07, 6.45) is 2.27. The highest BCUT2D eigenvalue weighted by atomic mass is 35.5. The van der Waals surface area contributed by atoms with Crippen LogP contribution < -0.4 is 0 Å². The van der Waals surface area contributed by atoms with E-state index in [0.29, 0.717) is 24.7 Å². The average Bonchev–Trinajstić information content (AvgIpc) is 2.99. The summed E-state index contributed by atoms with van der Waals surface area (Å²) in [4.78, 5) is 3.97. The summed E-state index contributed by atoms with van der Waals surface area (Å²) in [5.41, 5.74) is 0.495. The van der Waals surface area contributed by atoms with E-state index in [0.717, 1.165) is 24.2 Å². The predicted molar refractivity (Wildman–Crippen MR) is 69.0 cm³/mol. The second-order valence-corrected chi connectivity index (χ2v) is 7.95. The lowest BCUT2D eigenvalue weighted by atomic mass is 10.4. The van der Waals surface area contributed by atoms with Gasteiger partial charge in [0.25, 0.3) is 10.0 Å². The highest BCUT2D eigenvalue weighted by molar-refractivity contribution is 7.91. The van der Waals surface area contributed by atoms with Crippen LogP contribution >= 0.6 is 22.9 Å². The smallest absolute Gasteiger partial charge is 0.229 e. The standard InChI is InChI=1S/C10H15ClN2O2S2/c1-3-13(6-8-4-5-8)17(14,15)9-7(2)12-10(11)16-9/h8H,3-6H2,1-2H3. The topological polar surface area (TPSA) is 50.3 Å². The Kier molecular flexibility index (Phi) is 3.77. The first-order valence-corrected chi connectivity index (χ1v) is 8.21. The monoisotopic (exact) mass is 294 g/mol. The molecule has 0 bridgehead atoms. The maximum atomic E-state index is 12.4. The molecule has 0 aliphatic heterocycles. The highest BCUT2D eigenvalue weighted by Crippen LogP contribution is 2.34. The molecule has 1 heterocycles. The number of sulfonamides is 1. The molecular formula is C10H15ClN2O2S2. The van der Waals surface area contributed by atoms with E-state index in [1.54, 1.807) is 6.92 Å². The van der Waals surface area contributed by atoms with Crippen LogP contribution in [0.5, 0.6) is 0 Å². The van der Waals surface area contributed by atoms with Crippen molar-refractivity contribution < 1.29 is 8.42 Å². The van der Waals surface area contributed by atoms with Crippen molar-refractivity contribution in [2.24, 2.45) is 5.92 Å².